The minimum atomic E-state index is -3.01. The van der Waals surface area contributed by atoms with Crippen molar-refractivity contribution in [1.29, 1.82) is 0 Å². The van der Waals surface area contributed by atoms with Crippen molar-refractivity contribution in [1.82, 2.24) is 0 Å². The lowest BCUT2D eigenvalue weighted by Crippen LogP contribution is -2.17. The van der Waals surface area contributed by atoms with Gasteiger partial charge < -0.3 is 4.52 Å². The summed E-state index contributed by atoms with van der Waals surface area (Å²) in [5.74, 6) is 3.75. The van der Waals surface area contributed by atoms with Gasteiger partial charge in [0.2, 0.25) is 0 Å². The van der Waals surface area contributed by atoms with Gasteiger partial charge in [-0.15, -0.1) is 6.42 Å². The smallest absolute Gasteiger partial charge is 0.309 e. The standard InChI is InChI=1S/C7H9O3P/c1-4-7(2)5-6-11(8,9-3)10-7/h1,5-6H,2-3H3. The zero-order chi connectivity index (χ0) is 8.54. The van der Waals surface area contributed by atoms with E-state index in [2.05, 4.69) is 10.4 Å². The molecule has 0 saturated carbocycles. The van der Waals surface area contributed by atoms with Crippen molar-refractivity contribution in [3.63, 3.8) is 0 Å². The van der Waals surface area contributed by atoms with Crippen LogP contribution in [0, 0.1) is 12.3 Å². The molecule has 0 bridgehead atoms. The van der Waals surface area contributed by atoms with Gasteiger partial charge in [0, 0.05) is 12.9 Å². The Bertz CT molecular complexity index is 276. The molecule has 0 amide bonds. The molecule has 0 saturated heterocycles. The highest BCUT2D eigenvalue weighted by molar-refractivity contribution is 7.57. The molecular formula is C7H9O3P. The molecule has 0 spiro atoms. The highest BCUT2D eigenvalue weighted by atomic mass is 31.2. The first-order chi connectivity index (χ1) is 5.04. The highest BCUT2D eigenvalue weighted by Gasteiger charge is 2.37. The Morgan fingerprint density at radius 2 is 2.45 bits per heavy atom. The van der Waals surface area contributed by atoms with Gasteiger partial charge in [-0.25, -0.2) is 0 Å². The first-order valence-electron chi connectivity index (χ1n) is 3.08. The molecule has 2 atom stereocenters. The SMILES string of the molecule is C#CC1(C)C=CP(=O)(OC)O1. The van der Waals surface area contributed by atoms with Gasteiger partial charge >= 0.3 is 7.60 Å². The van der Waals surface area contributed by atoms with E-state index in [1.54, 1.807) is 13.0 Å². The second-order valence-electron chi connectivity index (χ2n) is 2.38. The predicted octanol–water partition coefficient (Wildman–Crippen LogP) is 1.76. The molecule has 0 aromatic carbocycles. The third-order valence-electron chi connectivity index (χ3n) is 1.43. The van der Waals surface area contributed by atoms with Crippen molar-refractivity contribution in [3.05, 3.63) is 11.9 Å². The Kier molecular flexibility index (Phi) is 1.94. The van der Waals surface area contributed by atoms with E-state index in [0.29, 0.717) is 0 Å². The molecule has 1 rings (SSSR count). The minimum Gasteiger partial charge on any atom is -0.309 e. The normalized spacial score (nSPS) is 42.3. The second-order valence-corrected chi connectivity index (χ2v) is 4.31. The quantitative estimate of drug-likeness (QED) is 0.446. The molecule has 0 aromatic heterocycles. The minimum absolute atomic E-state index is 0.870. The summed E-state index contributed by atoms with van der Waals surface area (Å²) in [6, 6.07) is 0. The molecule has 60 valence electrons. The fourth-order valence-corrected chi connectivity index (χ4v) is 2.10. The molecule has 0 N–H and O–H groups in total. The van der Waals surface area contributed by atoms with Gasteiger partial charge in [0.1, 0.15) is 0 Å². The van der Waals surface area contributed by atoms with Crippen LogP contribution in [0.25, 0.3) is 0 Å². The number of hydrogen-bond acceptors (Lipinski definition) is 3. The molecule has 11 heavy (non-hydrogen) atoms. The molecule has 1 heterocycles. The Hall–Kier alpha value is -0.550. The van der Waals surface area contributed by atoms with Crippen molar-refractivity contribution in [2.75, 3.05) is 7.11 Å². The maximum atomic E-state index is 11.3. The van der Waals surface area contributed by atoms with E-state index in [4.69, 9.17) is 10.9 Å². The van der Waals surface area contributed by atoms with Crippen molar-refractivity contribution in [3.8, 4) is 12.3 Å². The molecule has 0 fully saturated rings. The van der Waals surface area contributed by atoms with Gasteiger partial charge in [0.15, 0.2) is 5.60 Å². The first-order valence-corrected chi connectivity index (χ1v) is 4.69. The summed E-state index contributed by atoms with van der Waals surface area (Å²) in [5, 5.41) is 0. The predicted molar refractivity (Wildman–Crippen MR) is 42.1 cm³/mol. The third kappa shape index (κ3) is 1.54. The largest absolute Gasteiger partial charge is 0.355 e. The summed E-state index contributed by atoms with van der Waals surface area (Å²) in [7, 11) is -1.69. The summed E-state index contributed by atoms with van der Waals surface area (Å²) >= 11 is 0. The number of rotatable bonds is 1. The molecular weight excluding hydrogens is 163 g/mol. The third-order valence-corrected chi connectivity index (χ3v) is 3.09. The Balaban J connectivity index is 2.88. The average molecular weight is 172 g/mol. The summed E-state index contributed by atoms with van der Waals surface area (Å²) in [4.78, 5) is 0. The Morgan fingerprint density at radius 3 is 2.73 bits per heavy atom. The molecule has 4 heteroatoms. The zero-order valence-corrected chi connectivity index (χ0v) is 7.30. The van der Waals surface area contributed by atoms with Gasteiger partial charge in [-0.2, -0.15) is 0 Å². The van der Waals surface area contributed by atoms with Gasteiger partial charge in [-0.1, -0.05) is 5.92 Å². The van der Waals surface area contributed by atoms with Crippen LogP contribution < -0.4 is 0 Å². The highest BCUT2D eigenvalue weighted by Crippen LogP contribution is 2.57. The summed E-state index contributed by atoms with van der Waals surface area (Å²) < 4.78 is 21.0. The van der Waals surface area contributed by atoms with Crippen LogP contribution in [-0.2, 0) is 13.6 Å². The van der Waals surface area contributed by atoms with Crippen LogP contribution in [0.4, 0.5) is 0 Å². The number of hydrogen-bond donors (Lipinski definition) is 0. The Labute approximate surface area is 65.9 Å². The van der Waals surface area contributed by atoms with Gasteiger partial charge in [0.05, 0.1) is 0 Å². The molecule has 0 radical (unpaired) electrons. The average Bonchev–Trinajstić information content (AvgIpc) is 2.30. The molecule has 0 aliphatic carbocycles. The van der Waals surface area contributed by atoms with E-state index in [1.807, 2.05) is 0 Å². The van der Waals surface area contributed by atoms with Gasteiger partial charge in [-0.3, -0.25) is 9.09 Å². The second kappa shape index (κ2) is 2.49. The molecule has 2 unspecified atom stereocenters. The maximum absolute atomic E-state index is 11.3. The Morgan fingerprint density at radius 1 is 1.82 bits per heavy atom. The van der Waals surface area contributed by atoms with E-state index >= 15 is 0 Å². The van der Waals surface area contributed by atoms with Crippen LogP contribution >= 0.6 is 7.60 Å². The van der Waals surface area contributed by atoms with E-state index < -0.39 is 13.2 Å². The maximum Gasteiger partial charge on any atom is 0.355 e. The van der Waals surface area contributed by atoms with E-state index in [0.717, 1.165) is 0 Å². The van der Waals surface area contributed by atoms with Crippen LogP contribution in [0.15, 0.2) is 11.9 Å². The topological polar surface area (TPSA) is 35.5 Å². The summed E-state index contributed by atoms with van der Waals surface area (Å²) in [6.45, 7) is 1.65. The van der Waals surface area contributed by atoms with Gasteiger partial charge in [-0.05, 0) is 13.0 Å². The van der Waals surface area contributed by atoms with E-state index in [-0.39, 0.29) is 0 Å². The van der Waals surface area contributed by atoms with Crippen LogP contribution in [-0.4, -0.2) is 12.7 Å². The van der Waals surface area contributed by atoms with Gasteiger partial charge in [0.25, 0.3) is 0 Å². The molecule has 1 aliphatic heterocycles. The van der Waals surface area contributed by atoms with Crippen LogP contribution in [0.3, 0.4) is 0 Å². The summed E-state index contributed by atoms with van der Waals surface area (Å²) in [6.07, 6.45) is 6.71. The van der Waals surface area contributed by atoms with E-state index in [1.165, 1.54) is 12.9 Å². The van der Waals surface area contributed by atoms with Crippen molar-refractivity contribution < 1.29 is 13.6 Å². The van der Waals surface area contributed by atoms with Crippen molar-refractivity contribution in [2.24, 2.45) is 0 Å². The number of terminal acetylenes is 1. The first kappa shape index (κ1) is 8.55. The summed E-state index contributed by atoms with van der Waals surface area (Å²) in [5.41, 5.74) is -0.870. The van der Waals surface area contributed by atoms with Crippen molar-refractivity contribution in [2.45, 2.75) is 12.5 Å². The fourth-order valence-electron chi connectivity index (χ4n) is 0.731. The van der Waals surface area contributed by atoms with E-state index in [9.17, 15) is 4.57 Å². The molecule has 3 nitrogen and oxygen atoms in total. The van der Waals surface area contributed by atoms with Crippen LogP contribution in [0.1, 0.15) is 6.92 Å². The van der Waals surface area contributed by atoms with Crippen LogP contribution in [0.5, 0.6) is 0 Å². The van der Waals surface area contributed by atoms with Crippen LogP contribution in [0.2, 0.25) is 0 Å². The monoisotopic (exact) mass is 172 g/mol. The molecule has 0 aromatic rings. The zero-order valence-electron chi connectivity index (χ0n) is 6.40. The molecule has 1 aliphatic rings. The fraction of sp³-hybridized carbons (Fsp3) is 0.429. The lowest BCUT2D eigenvalue weighted by atomic mass is 10.1. The lowest BCUT2D eigenvalue weighted by Gasteiger charge is -2.16. The lowest BCUT2D eigenvalue weighted by molar-refractivity contribution is 0.177. The van der Waals surface area contributed by atoms with Crippen molar-refractivity contribution >= 4 is 7.60 Å².